The fourth-order valence-corrected chi connectivity index (χ4v) is 5.56. The third-order valence-electron chi connectivity index (χ3n) is 7.54. The SMILES string of the molecule is Cc1cc2nccc(-c3cnn4cc(N5CCC(N6CCN(C)CC6)CC5)cnc34)c2cc1Cl. The van der Waals surface area contributed by atoms with Crippen LogP contribution in [0.25, 0.3) is 27.7 Å². The number of hydrogen-bond acceptors (Lipinski definition) is 6. The molecule has 0 bridgehead atoms. The van der Waals surface area contributed by atoms with Crippen LogP contribution < -0.4 is 4.90 Å². The van der Waals surface area contributed by atoms with Crippen LogP contribution in [-0.2, 0) is 0 Å². The Bertz CT molecular complexity index is 1330. The molecular formula is C26H30ClN7. The van der Waals surface area contributed by atoms with Gasteiger partial charge < -0.3 is 9.80 Å². The molecule has 2 fully saturated rings. The van der Waals surface area contributed by atoms with E-state index in [2.05, 4.69) is 38.0 Å². The summed E-state index contributed by atoms with van der Waals surface area (Å²) in [6, 6.07) is 6.75. The highest BCUT2D eigenvalue weighted by Gasteiger charge is 2.27. The zero-order chi connectivity index (χ0) is 23.2. The van der Waals surface area contributed by atoms with Crippen molar-refractivity contribution in [3.05, 3.63) is 53.6 Å². The minimum Gasteiger partial charge on any atom is -0.369 e. The minimum atomic E-state index is 0.702. The first kappa shape index (κ1) is 21.8. The van der Waals surface area contributed by atoms with E-state index in [0.717, 1.165) is 57.0 Å². The summed E-state index contributed by atoms with van der Waals surface area (Å²) in [6.07, 6.45) is 10.3. The van der Waals surface area contributed by atoms with Crippen molar-refractivity contribution < 1.29 is 0 Å². The number of anilines is 1. The number of aryl methyl sites for hydroxylation is 1. The number of piperazine rings is 1. The fraction of sp³-hybridized carbons (Fsp3) is 0.423. The fourth-order valence-electron chi connectivity index (χ4n) is 5.40. The molecule has 2 aliphatic heterocycles. The second-order valence-electron chi connectivity index (χ2n) is 9.67. The Labute approximate surface area is 205 Å². The zero-order valence-corrected chi connectivity index (χ0v) is 20.5. The Morgan fingerprint density at radius 2 is 1.74 bits per heavy atom. The van der Waals surface area contributed by atoms with Gasteiger partial charge >= 0.3 is 0 Å². The molecule has 5 heterocycles. The molecule has 2 saturated heterocycles. The third-order valence-corrected chi connectivity index (χ3v) is 7.95. The predicted octanol–water partition coefficient (Wildman–Crippen LogP) is 4.12. The second kappa shape index (κ2) is 8.80. The largest absolute Gasteiger partial charge is 0.369 e. The smallest absolute Gasteiger partial charge is 0.162 e. The number of likely N-dealkylation sites (N-methyl/N-ethyl adjacent to an activating group) is 1. The molecule has 0 radical (unpaired) electrons. The van der Waals surface area contributed by atoms with Gasteiger partial charge in [-0.15, -0.1) is 0 Å². The maximum Gasteiger partial charge on any atom is 0.162 e. The van der Waals surface area contributed by atoms with Crippen molar-refractivity contribution in [1.82, 2.24) is 29.4 Å². The molecule has 8 heteroatoms. The van der Waals surface area contributed by atoms with Gasteiger partial charge in [-0.05, 0) is 56.1 Å². The normalized spacial score (nSPS) is 18.9. The quantitative estimate of drug-likeness (QED) is 0.444. The zero-order valence-electron chi connectivity index (χ0n) is 19.8. The van der Waals surface area contributed by atoms with E-state index in [1.165, 1.54) is 39.0 Å². The minimum absolute atomic E-state index is 0.702. The highest BCUT2D eigenvalue weighted by molar-refractivity contribution is 6.32. The van der Waals surface area contributed by atoms with Crippen molar-refractivity contribution >= 4 is 33.8 Å². The molecule has 0 amide bonds. The lowest BCUT2D eigenvalue weighted by Gasteiger charge is -2.42. The Kier molecular flexibility index (Phi) is 5.63. The maximum absolute atomic E-state index is 6.44. The molecule has 4 aromatic rings. The summed E-state index contributed by atoms with van der Waals surface area (Å²) in [5, 5.41) is 6.42. The van der Waals surface area contributed by atoms with Gasteiger partial charge in [0, 0.05) is 67.5 Å². The van der Waals surface area contributed by atoms with Crippen LogP contribution in [0.15, 0.2) is 43.0 Å². The molecule has 0 spiro atoms. The van der Waals surface area contributed by atoms with Gasteiger partial charge in [0.1, 0.15) is 0 Å². The molecule has 0 N–H and O–H groups in total. The molecule has 3 aromatic heterocycles. The van der Waals surface area contributed by atoms with Gasteiger partial charge in [0.15, 0.2) is 5.65 Å². The molecule has 0 atom stereocenters. The van der Waals surface area contributed by atoms with Crippen LogP contribution in [-0.4, -0.2) is 81.7 Å². The monoisotopic (exact) mass is 475 g/mol. The van der Waals surface area contributed by atoms with Gasteiger partial charge in [-0.1, -0.05) is 11.6 Å². The molecule has 0 unspecified atom stereocenters. The number of rotatable bonds is 3. The summed E-state index contributed by atoms with van der Waals surface area (Å²) < 4.78 is 1.90. The van der Waals surface area contributed by atoms with Crippen molar-refractivity contribution in [3.63, 3.8) is 0 Å². The Balaban J connectivity index is 1.24. The number of hydrogen-bond donors (Lipinski definition) is 0. The Hall–Kier alpha value is -2.74. The van der Waals surface area contributed by atoms with Crippen molar-refractivity contribution in [1.29, 1.82) is 0 Å². The third kappa shape index (κ3) is 3.91. The molecule has 34 heavy (non-hydrogen) atoms. The summed E-state index contributed by atoms with van der Waals surface area (Å²) in [7, 11) is 2.22. The number of piperidine rings is 1. The number of aromatic nitrogens is 4. The van der Waals surface area contributed by atoms with Crippen molar-refractivity contribution in [2.75, 3.05) is 51.2 Å². The molecular weight excluding hydrogens is 446 g/mol. The van der Waals surface area contributed by atoms with E-state index in [9.17, 15) is 0 Å². The van der Waals surface area contributed by atoms with E-state index in [4.69, 9.17) is 16.6 Å². The molecule has 176 valence electrons. The van der Waals surface area contributed by atoms with Gasteiger partial charge in [0.25, 0.3) is 0 Å². The van der Waals surface area contributed by atoms with E-state index in [1.807, 2.05) is 48.2 Å². The van der Waals surface area contributed by atoms with Gasteiger partial charge in [0.05, 0.1) is 29.8 Å². The molecule has 2 aliphatic rings. The highest BCUT2D eigenvalue weighted by atomic mass is 35.5. The lowest BCUT2D eigenvalue weighted by molar-refractivity contribution is 0.0982. The molecule has 7 nitrogen and oxygen atoms in total. The summed E-state index contributed by atoms with van der Waals surface area (Å²) in [6.45, 7) is 8.87. The standard InChI is InChI=1S/C26H30ClN7/c1-18-13-25-22(14-24(18)27)21(3-6-28-25)23-16-30-34-17-20(15-29-26(23)34)32-7-4-19(5-8-32)33-11-9-31(2)10-12-33/h3,6,13-17,19H,4-5,7-12H2,1-2H3. The summed E-state index contributed by atoms with van der Waals surface area (Å²) >= 11 is 6.44. The van der Waals surface area contributed by atoms with Crippen LogP contribution in [0, 0.1) is 6.92 Å². The number of pyridine rings is 1. The van der Waals surface area contributed by atoms with E-state index in [1.54, 1.807) is 0 Å². The molecule has 1 aromatic carbocycles. The van der Waals surface area contributed by atoms with E-state index >= 15 is 0 Å². The van der Waals surface area contributed by atoms with Crippen LogP contribution in [0.3, 0.4) is 0 Å². The van der Waals surface area contributed by atoms with Crippen molar-refractivity contribution in [2.24, 2.45) is 0 Å². The number of halogens is 1. The van der Waals surface area contributed by atoms with Crippen LogP contribution in [0.1, 0.15) is 18.4 Å². The Morgan fingerprint density at radius 1 is 0.941 bits per heavy atom. The van der Waals surface area contributed by atoms with E-state index < -0.39 is 0 Å². The van der Waals surface area contributed by atoms with Crippen LogP contribution in [0.2, 0.25) is 5.02 Å². The van der Waals surface area contributed by atoms with Gasteiger partial charge in [0.2, 0.25) is 0 Å². The van der Waals surface area contributed by atoms with Gasteiger partial charge in [-0.25, -0.2) is 9.50 Å². The van der Waals surface area contributed by atoms with E-state index in [0.29, 0.717) is 6.04 Å². The lowest BCUT2D eigenvalue weighted by Crippen LogP contribution is -2.52. The van der Waals surface area contributed by atoms with Crippen molar-refractivity contribution in [2.45, 2.75) is 25.8 Å². The number of benzene rings is 1. The van der Waals surface area contributed by atoms with Gasteiger partial charge in [-0.2, -0.15) is 5.10 Å². The Morgan fingerprint density at radius 3 is 2.53 bits per heavy atom. The number of fused-ring (bicyclic) bond motifs is 2. The van der Waals surface area contributed by atoms with Gasteiger partial charge in [-0.3, -0.25) is 9.88 Å². The lowest BCUT2D eigenvalue weighted by atomic mass is 10.0. The summed E-state index contributed by atoms with van der Waals surface area (Å²) in [5.74, 6) is 0. The number of nitrogens with zero attached hydrogens (tertiary/aromatic N) is 7. The van der Waals surface area contributed by atoms with E-state index in [-0.39, 0.29) is 0 Å². The second-order valence-corrected chi connectivity index (χ2v) is 10.1. The highest BCUT2D eigenvalue weighted by Crippen LogP contribution is 2.33. The van der Waals surface area contributed by atoms with Crippen LogP contribution >= 0.6 is 11.6 Å². The average Bonchev–Trinajstić information content (AvgIpc) is 3.28. The molecule has 0 saturated carbocycles. The van der Waals surface area contributed by atoms with Crippen LogP contribution in [0.5, 0.6) is 0 Å². The first-order chi connectivity index (χ1) is 16.6. The molecule has 6 rings (SSSR count). The molecule has 0 aliphatic carbocycles. The first-order valence-corrected chi connectivity index (χ1v) is 12.5. The summed E-state index contributed by atoms with van der Waals surface area (Å²) in [4.78, 5) is 16.9. The van der Waals surface area contributed by atoms with Crippen molar-refractivity contribution in [3.8, 4) is 11.1 Å². The van der Waals surface area contributed by atoms with Crippen LogP contribution in [0.4, 0.5) is 5.69 Å². The summed E-state index contributed by atoms with van der Waals surface area (Å²) in [5.41, 5.74) is 5.98. The average molecular weight is 476 g/mol. The topological polar surface area (TPSA) is 52.8 Å². The maximum atomic E-state index is 6.44. The predicted molar refractivity (Wildman–Crippen MR) is 138 cm³/mol. The first-order valence-electron chi connectivity index (χ1n) is 12.1.